The molecule has 2 aliphatic rings. The molecule has 2 fully saturated rings. The molecule has 5 rings (SSSR count). The number of rotatable bonds is 5. The third-order valence-corrected chi connectivity index (χ3v) is 7.81. The number of aldehydes is 1. The highest BCUT2D eigenvalue weighted by atomic mass is 35.5. The van der Waals surface area contributed by atoms with E-state index in [1.165, 1.54) is 35.2 Å². The number of carbonyl (C=O) groups excluding carboxylic acids is 2. The van der Waals surface area contributed by atoms with Gasteiger partial charge < -0.3 is 19.7 Å². The fraction of sp³-hybridized carbons (Fsp3) is 0.296. The molecule has 12 heteroatoms. The van der Waals surface area contributed by atoms with Crippen molar-refractivity contribution < 1.29 is 32.2 Å². The monoisotopic (exact) mass is 579 g/mol. The second-order valence-electron chi connectivity index (χ2n) is 9.52. The smallest absolute Gasteiger partial charge is 0.418 e. The maximum Gasteiger partial charge on any atom is 0.418 e. The molecule has 0 radical (unpaired) electrons. The summed E-state index contributed by atoms with van der Waals surface area (Å²) < 4.78 is 53.4. The minimum absolute atomic E-state index is 0.00840. The van der Waals surface area contributed by atoms with Gasteiger partial charge in [0.2, 0.25) is 0 Å². The molecule has 2 saturated heterocycles. The summed E-state index contributed by atoms with van der Waals surface area (Å²) in [6, 6.07) is 9.51. The van der Waals surface area contributed by atoms with E-state index in [0.717, 1.165) is 38.2 Å². The average Bonchev–Trinajstić information content (AvgIpc) is 2.90. The number of amides is 1. The fourth-order valence-corrected chi connectivity index (χ4v) is 5.14. The van der Waals surface area contributed by atoms with E-state index in [9.17, 15) is 22.8 Å². The molecule has 0 bridgehead atoms. The Balaban J connectivity index is 1.40. The van der Waals surface area contributed by atoms with E-state index in [1.807, 2.05) is 0 Å². The van der Waals surface area contributed by atoms with Crippen LogP contribution in [0.2, 0.25) is 10.0 Å². The van der Waals surface area contributed by atoms with Crippen molar-refractivity contribution in [3.8, 4) is 28.5 Å². The molecule has 1 spiro atoms. The van der Waals surface area contributed by atoms with E-state index in [-0.39, 0.29) is 43.8 Å². The number of likely N-dealkylation sites (tertiary alicyclic amines) is 1. The maximum absolute atomic E-state index is 14.1. The molecule has 0 unspecified atom stereocenters. The van der Waals surface area contributed by atoms with Crippen LogP contribution in [0, 0.1) is 5.41 Å². The molecule has 2 aromatic carbocycles. The molecule has 0 atom stereocenters. The quantitative estimate of drug-likeness (QED) is 0.332. The topological polar surface area (TPSA) is 80.8 Å². The highest BCUT2D eigenvalue weighted by Crippen LogP contribution is 2.44. The number of nitrogens with one attached hydrogen (secondary N) is 1. The van der Waals surface area contributed by atoms with Crippen LogP contribution in [0.4, 0.5) is 18.0 Å². The Morgan fingerprint density at radius 1 is 1.05 bits per heavy atom. The number of aromatic nitrogens is 1. The third-order valence-electron chi connectivity index (χ3n) is 7.01. The van der Waals surface area contributed by atoms with Crippen LogP contribution in [0.15, 0.2) is 48.7 Å². The number of piperidine rings is 1. The summed E-state index contributed by atoms with van der Waals surface area (Å²) in [4.78, 5) is 29.3. The first-order chi connectivity index (χ1) is 18.6. The summed E-state index contributed by atoms with van der Waals surface area (Å²) in [5.41, 5.74) is -1.29. The molecule has 204 valence electrons. The summed E-state index contributed by atoms with van der Waals surface area (Å²) in [5, 5.41) is 3.11. The molecule has 0 saturated carbocycles. The molecule has 3 heterocycles. The zero-order valence-corrected chi connectivity index (χ0v) is 21.9. The largest absolute Gasteiger partial charge is 0.454 e. The first kappa shape index (κ1) is 27.2. The van der Waals surface area contributed by atoms with Gasteiger partial charge in [-0.05, 0) is 42.5 Å². The first-order valence-corrected chi connectivity index (χ1v) is 12.8. The molecule has 7 nitrogen and oxygen atoms in total. The van der Waals surface area contributed by atoms with E-state index in [1.54, 1.807) is 6.07 Å². The number of nitrogens with zero attached hydrogens (tertiary/aromatic N) is 2. The number of halogens is 5. The lowest BCUT2D eigenvalue weighted by molar-refractivity contribution is -0.137. The molecule has 1 aromatic heterocycles. The van der Waals surface area contributed by atoms with E-state index in [0.29, 0.717) is 19.4 Å². The van der Waals surface area contributed by atoms with Crippen molar-refractivity contribution in [3.63, 3.8) is 0 Å². The number of alkyl halides is 3. The lowest BCUT2D eigenvalue weighted by atomic mass is 9.73. The van der Waals surface area contributed by atoms with Crippen molar-refractivity contribution in [3.05, 3.63) is 69.8 Å². The molecule has 39 heavy (non-hydrogen) atoms. The molecular weight excluding hydrogens is 558 g/mol. The maximum atomic E-state index is 14.1. The Morgan fingerprint density at radius 2 is 1.72 bits per heavy atom. The summed E-state index contributed by atoms with van der Waals surface area (Å²) in [6.45, 7) is 2.76. The van der Waals surface area contributed by atoms with Crippen LogP contribution in [0.1, 0.15) is 28.8 Å². The van der Waals surface area contributed by atoms with Crippen LogP contribution in [0.3, 0.4) is 0 Å². The van der Waals surface area contributed by atoms with Gasteiger partial charge in [-0.3, -0.25) is 9.78 Å². The average molecular weight is 580 g/mol. The van der Waals surface area contributed by atoms with Gasteiger partial charge in [0.05, 0.1) is 27.5 Å². The normalized spacial score (nSPS) is 16.5. The van der Waals surface area contributed by atoms with Crippen LogP contribution in [0.5, 0.6) is 17.2 Å². The Bertz CT molecular complexity index is 1420. The predicted octanol–water partition coefficient (Wildman–Crippen LogP) is 6.86. The van der Waals surface area contributed by atoms with Gasteiger partial charge in [-0.15, -0.1) is 0 Å². The van der Waals surface area contributed by atoms with E-state index >= 15 is 0 Å². The van der Waals surface area contributed by atoms with Crippen LogP contribution < -0.4 is 14.8 Å². The number of ether oxygens (including phenoxy) is 2. The molecule has 3 aromatic rings. The fourth-order valence-electron chi connectivity index (χ4n) is 4.68. The standard InChI is InChI=1S/C27H22Cl2F3N3O4/c28-22-16(13-36)3-1-5-20(22)39-21-6-2-4-18(23(21)29)24-19(27(30,31)32)11-17(12-34-24)38-25(37)35-9-7-26(8-10-35)14-33-15-26/h1-6,11-13,33H,7-10,14-15H2. The minimum Gasteiger partial charge on any atom is -0.454 e. The summed E-state index contributed by atoms with van der Waals surface area (Å²) in [7, 11) is 0. The van der Waals surface area contributed by atoms with Gasteiger partial charge in [0.1, 0.15) is 11.5 Å². The molecule has 1 N–H and O–H groups in total. The Morgan fingerprint density at radius 3 is 2.33 bits per heavy atom. The van der Waals surface area contributed by atoms with Crippen LogP contribution >= 0.6 is 23.2 Å². The van der Waals surface area contributed by atoms with Gasteiger partial charge in [-0.2, -0.15) is 13.2 Å². The SMILES string of the molecule is O=Cc1cccc(Oc2cccc(-c3ncc(OC(=O)N4CCC5(CC4)CNC5)cc3C(F)(F)F)c2Cl)c1Cl. The van der Waals surface area contributed by atoms with Crippen LogP contribution in [-0.2, 0) is 6.18 Å². The second kappa shape index (κ2) is 10.7. The number of hydrogen-bond donors (Lipinski definition) is 1. The first-order valence-electron chi connectivity index (χ1n) is 12.1. The number of hydrogen-bond acceptors (Lipinski definition) is 6. The molecule has 1 amide bonds. The summed E-state index contributed by atoms with van der Waals surface area (Å²) >= 11 is 12.6. The van der Waals surface area contributed by atoms with Crippen LogP contribution in [-0.4, -0.2) is 48.4 Å². The zero-order valence-electron chi connectivity index (χ0n) is 20.4. The van der Waals surface area contributed by atoms with Crippen molar-refractivity contribution in [2.24, 2.45) is 5.41 Å². The van der Waals surface area contributed by atoms with Gasteiger partial charge in [0.15, 0.2) is 12.0 Å². The van der Waals surface area contributed by atoms with Crippen molar-refractivity contribution in [1.82, 2.24) is 15.2 Å². The van der Waals surface area contributed by atoms with Crippen molar-refractivity contribution in [1.29, 1.82) is 0 Å². The van der Waals surface area contributed by atoms with Gasteiger partial charge in [0.25, 0.3) is 0 Å². The minimum atomic E-state index is -4.83. The van der Waals surface area contributed by atoms with Gasteiger partial charge in [-0.25, -0.2) is 4.79 Å². The van der Waals surface area contributed by atoms with E-state index in [2.05, 4.69) is 10.3 Å². The third kappa shape index (κ3) is 5.54. The van der Waals surface area contributed by atoms with E-state index in [4.69, 9.17) is 32.7 Å². The lowest BCUT2D eigenvalue weighted by Crippen LogP contribution is -2.59. The summed E-state index contributed by atoms with van der Waals surface area (Å²) in [5.74, 6) is -0.222. The number of benzene rings is 2. The predicted molar refractivity (Wildman–Crippen MR) is 139 cm³/mol. The Kier molecular flexibility index (Phi) is 7.45. The van der Waals surface area contributed by atoms with Crippen molar-refractivity contribution in [2.75, 3.05) is 26.2 Å². The van der Waals surface area contributed by atoms with Gasteiger partial charge in [0, 0.05) is 37.3 Å². The molecule has 2 aliphatic heterocycles. The van der Waals surface area contributed by atoms with Crippen LogP contribution in [0.25, 0.3) is 11.3 Å². The highest BCUT2D eigenvalue weighted by molar-refractivity contribution is 6.35. The molecule has 0 aliphatic carbocycles. The second-order valence-corrected chi connectivity index (χ2v) is 10.3. The zero-order chi connectivity index (χ0) is 27.8. The summed E-state index contributed by atoms with van der Waals surface area (Å²) in [6.07, 6.45) is -2.33. The van der Waals surface area contributed by atoms with E-state index < -0.39 is 23.5 Å². The molecular formula is C27H22Cl2F3N3O4. The Hall–Kier alpha value is -3.34. The van der Waals surface area contributed by atoms with Gasteiger partial charge in [-0.1, -0.05) is 41.4 Å². The number of carbonyl (C=O) groups is 2. The van der Waals surface area contributed by atoms with Gasteiger partial charge >= 0.3 is 12.3 Å². The number of pyridine rings is 1. The lowest BCUT2D eigenvalue weighted by Gasteiger charge is -2.47. The van der Waals surface area contributed by atoms with Crippen molar-refractivity contribution >= 4 is 35.6 Å². The Labute approximate surface area is 231 Å². The highest BCUT2D eigenvalue weighted by Gasteiger charge is 2.41. The van der Waals surface area contributed by atoms with Crippen molar-refractivity contribution in [2.45, 2.75) is 19.0 Å².